The van der Waals surface area contributed by atoms with Crippen LogP contribution in [0.5, 0.6) is 5.75 Å². The number of benzene rings is 2. The molecule has 0 unspecified atom stereocenters. The smallest absolute Gasteiger partial charge is 0.387 e. The quantitative estimate of drug-likeness (QED) is 0.742. The lowest BCUT2D eigenvalue weighted by Gasteiger charge is -2.07. The molecule has 0 atom stereocenters. The Kier molecular flexibility index (Phi) is 4.61. The number of halogens is 4. The molecule has 0 spiro atoms. The summed E-state index contributed by atoms with van der Waals surface area (Å²) >= 11 is 0. The van der Waals surface area contributed by atoms with Crippen molar-refractivity contribution in [3.63, 3.8) is 0 Å². The van der Waals surface area contributed by atoms with Crippen LogP contribution in [0.15, 0.2) is 42.5 Å². The van der Waals surface area contributed by atoms with Crippen LogP contribution in [0.25, 0.3) is 0 Å². The van der Waals surface area contributed by atoms with Crippen LogP contribution >= 0.6 is 0 Å². The SMILES string of the molecule is Fc1cccc(F)c1CCc1ccc(OC(F)F)cc1. The van der Waals surface area contributed by atoms with E-state index in [1.54, 1.807) is 12.1 Å². The zero-order valence-corrected chi connectivity index (χ0v) is 10.5. The van der Waals surface area contributed by atoms with Gasteiger partial charge < -0.3 is 4.74 Å². The highest BCUT2D eigenvalue weighted by Crippen LogP contribution is 2.18. The lowest BCUT2D eigenvalue weighted by Crippen LogP contribution is -2.02. The molecule has 2 aromatic rings. The van der Waals surface area contributed by atoms with Gasteiger partial charge in [0.05, 0.1) is 0 Å². The first kappa shape index (κ1) is 14.4. The number of hydrogen-bond donors (Lipinski definition) is 0. The molecule has 0 aliphatic heterocycles. The van der Waals surface area contributed by atoms with E-state index in [0.29, 0.717) is 6.42 Å². The molecule has 2 aromatic carbocycles. The lowest BCUT2D eigenvalue weighted by atomic mass is 10.0. The van der Waals surface area contributed by atoms with Crippen LogP contribution in [-0.4, -0.2) is 6.61 Å². The van der Waals surface area contributed by atoms with Gasteiger partial charge in [-0.25, -0.2) is 8.78 Å². The maximum Gasteiger partial charge on any atom is 0.387 e. The molecule has 0 N–H and O–H groups in total. The van der Waals surface area contributed by atoms with Gasteiger partial charge in [0.2, 0.25) is 0 Å². The molecule has 2 rings (SSSR count). The number of alkyl halides is 2. The van der Waals surface area contributed by atoms with E-state index in [9.17, 15) is 17.6 Å². The van der Waals surface area contributed by atoms with Gasteiger partial charge in [0, 0.05) is 5.56 Å². The Morgan fingerprint density at radius 1 is 0.850 bits per heavy atom. The van der Waals surface area contributed by atoms with Crippen molar-refractivity contribution in [3.8, 4) is 5.75 Å². The van der Waals surface area contributed by atoms with Crippen LogP contribution in [0.4, 0.5) is 17.6 Å². The Morgan fingerprint density at radius 2 is 1.45 bits per heavy atom. The molecule has 0 aliphatic rings. The van der Waals surface area contributed by atoms with Crippen molar-refractivity contribution >= 4 is 0 Å². The van der Waals surface area contributed by atoms with Crippen molar-refractivity contribution in [2.75, 3.05) is 0 Å². The minimum atomic E-state index is -2.87. The van der Waals surface area contributed by atoms with Crippen molar-refractivity contribution in [2.45, 2.75) is 19.5 Å². The zero-order valence-electron chi connectivity index (χ0n) is 10.5. The first-order valence-electron chi connectivity index (χ1n) is 6.03. The van der Waals surface area contributed by atoms with E-state index < -0.39 is 18.2 Å². The summed E-state index contributed by atoms with van der Waals surface area (Å²) < 4.78 is 55.0. The van der Waals surface area contributed by atoms with E-state index in [0.717, 1.165) is 5.56 Å². The Hall–Kier alpha value is -2.04. The average molecular weight is 284 g/mol. The second-order valence-electron chi connectivity index (χ2n) is 4.22. The topological polar surface area (TPSA) is 9.23 Å². The van der Waals surface area contributed by atoms with Gasteiger partial charge in [0.1, 0.15) is 17.4 Å². The molecule has 0 aromatic heterocycles. The summed E-state index contributed by atoms with van der Waals surface area (Å²) in [5, 5.41) is 0. The third-order valence-corrected chi connectivity index (χ3v) is 2.87. The standard InChI is InChI=1S/C15H12F4O/c16-13-2-1-3-14(17)12(13)9-6-10-4-7-11(8-5-10)20-15(18)19/h1-5,7-8,15H,6,9H2. The van der Waals surface area contributed by atoms with Gasteiger partial charge in [0.25, 0.3) is 0 Å². The number of rotatable bonds is 5. The van der Waals surface area contributed by atoms with Gasteiger partial charge in [-0.2, -0.15) is 8.78 Å². The van der Waals surface area contributed by atoms with Crippen molar-refractivity contribution in [1.29, 1.82) is 0 Å². The summed E-state index contributed by atoms with van der Waals surface area (Å²) in [6.07, 6.45) is 0.611. The van der Waals surface area contributed by atoms with Crippen LogP contribution < -0.4 is 4.74 Å². The van der Waals surface area contributed by atoms with Crippen molar-refractivity contribution < 1.29 is 22.3 Å². The fourth-order valence-corrected chi connectivity index (χ4v) is 1.88. The highest BCUT2D eigenvalue weighted by molar-refractivity contribution is 5.28. The normalized spacial score (nSPS) is 10.8. The van der Waals surface area contributed by atoms with Gasteiger partial charge >= 0.3 is 6.61 Å². The largest absolute Gasteiger partial charge is 0.435 e. The van der Waals surface area contributed by atoms with Crippen LogP contribution in [0.3, 0.4) is 0 Å². The minimum absolute atomic E-state index is 0.0282. The monoisotopic (exact) mass is 284 g/mol. The van der Waals surface area contributed by atoms with E-state index in [-0.39, 0.29) is 17.7 Å². The third-order valence-electron chi connectivity index (χ3n) is 2.87. The Balaban J connectivity index is 2.00. The Morgan fingerprint density at radius 3 is 2.00 bits per heavy atom. The predicted octanol–water partition coefficient (Wildman–Crippen LogP) is 4.35. The second kappa shape index (κ2) is 6.41. The van der Waals surface area contributed by atoms with Crippen molar-refractivity contribution in [2.24, 2.45) is 0 Å². The maximum atomic E-state index is 13.4. The Labute approximate surface area is 113 Å². The maximum absolute atomic E-state index is 13.4. The van der Waals surface area contributed by atoms with Gasteiger partial charge in [0.15, 0.2) is 0 Å². The van der Waals surface area contributed by atoms with E-state index in [1.807, 2.05) is 0 Å². The van der Waals surface area contributed by atoms with E-state index in [1.165, 1.54) is 30.3 Å². The third kappa shape index (κ3) is 3.73. The first-order valence-corrected chi connectivity index (χ1v) is 6.03. The molecular weight excluding hydrogens is 272 g/mol. The highest BCUT2D eigenvalue weighted by Gasteiger charge is 2.08. The molecule has 0 saturated heterocycles. The molecule has 1 nitrogen and oxygen atoms in total. The van der Waals surface area contributed by atoms with Crippen molar-refractivity contribution in [3.05, 3.63) is 65.2 Å². The summed E-state index contributed by atoms with van der Waals surface area (Å²) in [5.41, 5.74) is 0.815. The van der Waals surface area contributed by atoms with Crippen molar-refractivity contribution in [1.82, 2.24) is 0 Å². The van der Waals surface area contributed by atoms with E-state index in [4.69, 9.17) is 0 Å². The highest BCUT2D eigenvalue weighted by atomic mass is 19.3. The first-order chi connectivity index (χ1) is 9.56. The molecule has 106 valence electrons. The van der Waals surface area contributed by atoms with Crippen LogP contribution in [-0.2, 0) is 12.8 Å². The van der Waals surface area contributed by atoms with Gasteiger partial charge in [-0.15, -0.1) is 0 Å². The second-order valence-corrected chi connectivity index (χ2v) is 4.22. The molecule has 0 heterocycles. The number of aryl methyl sites for hydroxylation is 1. The summed E-state index contributed by atoms with van der Waals surface area (Å²) in [4.78, 5) is 0. The fourth-order valence-electron chi connectivity index (χ4n) is 1.88. The summed E-state index contributed by atoms with van der Waals surface area (Å²) in [6.45, 7) is -2.87. The molecule has 20 heavy (non-hydrogen) atoms. The van der Waals surface area contributed by atoms with E-state index >= 15 is 0 Å². The van der Waals surface area contributed by atoms with Gasteiger partial charge in [-0.05, 0) is 42.7 Å². The Bertz CT molecular complexity index is 546. The summed E-state index contributed by atoms with van der Waals surface area (Å²) in [6, 6.07) is 9.71. The van der Waals surface area contributed by atoms with Gasteiger partial charge in [-0.3, -0.25) is 0 Å². The summed E-state index contributed by atoms with van der Waals surface area (Å²) in [5.74, 6) is -1.11. The van der Waals surface area contributed by atoms with Gasteiger partial charge in [-0.1, -0.05) is 18.2 Å². The molecule has 0 fully saturated rings. The predicted molar refractivity (Wildman–Crippen MR) is 66.8 cm³/mol. The number of ether oxygens (including phenoxy) is 1. The molecular formula is C15H12F4O. The molecule has 0 saturated carbocycles. The molecule has 0 amide bonds. The minimum Gasteiger partial charge on any atom is -0.435 e. The lowest BCUT2D eigenvalue weighted by molar-refractivity contribution is -0.0498. The molecule has 0 bridgehead atoms. The van der Waals surface area contributed by atoms with Crippen LogP contribution in [0, 0.1) is 11.6 Å². The average Bonchev–Trinajstić information content (AvgIpc) is 2.39. The fraction of sp³-hybridized carbons (Fsp3) is 0.200. The number of hydrogen-bond acceptors (Lipinski definition) is 1. The van der Waals surface area contributed by atoms with E-state index in [2.05, 4.69) is 4.74 Å². The summed E-state index contributed by atoms with van der Waals surface area (Å²) in [7, 11) is 0. The molecule has 0 radical (unpaired) electrons. The van der Waals surface area contributed by atoms with Crippen LogP contribution in [0.1, 0.15) is 11.1 Å². The molecule has 0 aliphatic carbocycles. The molecule has 5 heteroatoms. The van der Waals surface area contributed by atoms with Crippen LogP contribution in [0.2, 0.25) is 0 Å². The zero-order chi connectivity index (χ0) is 14.5.